The zero-order valence-electron chi connectivity index (χ0n) is 16.8. The highest BCUT2D eigenvalue weighted by atomic mass is 32.1. The van der Waals surface area contributed by atoms with Gasteiger partial charge in [0.25, 0.3) is 11.8 Å². The molecule has 0 radical (unpaired) electrons. The topological polar surface area (TPSA) is 86.3 Å². The first-order chi connectivity index (χ1) is 14.9. The molecule has 1 aromatic heterocycles. The summed E-state index contributed by atoms with van der Waals surface area (Å²) in [7, 11) is 0. The van der Waals surface area contributed by atoms with Crippen molar-refractivity contribution in [2.24, 2.45) is 0 Å². The number of furan rings is 1. The van der Waals surface area contributed by atoms with Gasteiger partial charge in [-0.05, 0) is 85.7 Å². The summed E-state index contributed by atoms with van der Waals surface area (Å²) in [5, 5.41) is 11.5. The number of nitriles is 1. The van der Waals surface area contributed by atoms with E-state index < -0.39 is 11.8 Å². The van der Waals surface area contributed by atoms with Crippen LogP contribution in [-0.4, -0.2) is 16.9 Å². The minimum absolute atomic E-state index is 0.0403. The summed E-state index contributed by atoms with van der Waals surface area (Å²) in [4.78, 5) is 27.0. The van der Waals surface area contributed by atoms with Gasteiger partial charge in [0.1, 0.15) is 17.1 Å². The average molecular weight is 427 g/mol. The van der Waals surface area contributed by atoms with E-state index in [9.17, 15) is 9.59 Å². The van der Waals surface area contributed by atoms with Gasteiger partial charge in [0, 0.05) is 5.56 Å². The van der Waals surface area contributed by atoms with Crippen molar-refractivity contribution in [3.63, 3.8) is 0 Å². The van der Waals surface area contributed by atoms with Gasteiger partial charge in [0.2, 0.25) is 0 Å². The number of carbonyl (C=O) groups excluding carboxylic acids is 2. The Hall–Kier alpha value is -4.02. The number of carbonyl (C=O) groups is 2. The smallest absolute Gasteiger partial charge is 0.270 e. The van der Waals surface area contributed by atoms with Crippen LogP contribution in [0.2, 0.25) is 0 Å². The van der Waals surface area contributed by atoms with Gasteiger partial charge < -0.3 is 4.42 Å². The van der Waals surface area contributed by atoms with Crippen LogP contribution in [0.5, 0.6) is 0 Å². The van der Waals surface area contributed by atoms with Crippen molar-refractivity contribution < 1.29 is 14.0 Å². The van der Waals surface area contributed by atoms with E-state index in [0.717, 1.165) is 16.7 Å². The highest BCUT2D eigenvalue weighted by Crippen LogP contribution is 2.28. The SMILES string of the molecule is Cc1cccc(N2C(=O)/C(=C\c3ccc(-c4ccc(C#N)cc4)o3)C(=O)NC2=S)c1C. The molecule has 0 unspecified atom stereocenters. The van der Waals surface area contributed by atoms with Crippen molar-refractivity contribution in [3.8, 4) is 17.4 Å². The van der Waals surface area contributed by atoms with E-state index >= 15 is 0 Å². The summed E-state index contributed by atoms with van der Waals surface area (Å²) in [5.74, 6) is -0.180. The van der Waals surface area contributed by atoms with E-state index in [1.54, 1.807) is 42.5 Å². The third-order valence-corrected chi connectivity index (χ3v) is 5.42. The van der Waals surface area contributed by atoms with Crippen molar-refractivity contribution in [2.75, 3.05) is 4.90 Å². The van der Waals surface area contributed by atoms with E-state index in [0.29, 0.717) is 22.8 Å². The fourth-order valence-electron chi connectivity index (χ4n) is 3.29. The molecule has 7 heteroatoms. The number of hydrogen-bond donors (Lipinski definition) is 1. The van der Waals surface area contributed by atoms with Crippen LogP contribution in [0.3, 0.4) is 0 Å². The van der Waals surface area contributed by atoms with Crippen LogP contribution in [0.25, 0.3) is 17.4 Å². The van der Waals surface area contributed by atoms with Crippen LogP contribution in [0.1, 0.15) is 22.5 Å². The van der Waals surface area contributed by atoms with Crippen LogP contribution in [0.15, 0.2) is 64.6 Å². The molecule has 152 valence electrons. The van der Waals surface area contributed by atoms with Crippen LogP contribution < -0.4 is 10.2 Å². The zero-order chi connectivity index (χ0) is 22.1. The van der Waals surface area contributed by atoms with Gasteiger partial charge in [-0.3, -0.25) is 19.8 Å². The van der Waals surface area contributed by atoms with Gasteiger partial charge in [-0.1, -0.05) is 12.1 Å². The second-order valence-corrected chi connectivity index (χ2v) is 7.45. The highest BCUT2D eigenvalue weighted by Gasteiger charge is 2.35. The Morgan fingerprint density at radius 1 is 1.06 bits per heavy atom. The molecule has 0 aliphatic carbocycles. The molecule has 1 aliphatic rings. The Kier molecular flexibility index (Phi) is 5.24. The maximum absolute atomic E-state index is 13.2. The molecular formula is C24H17N3O3S. The lowest BCUT2D eigenvalue weighted by atomic mass is 10.0. The molecule has 0 bridgehead atoms. The van der Waals surface area contributed by atoms with E-state index in [1.165, 1.54) is 11.0 Å². The molecule has 1 fully saturated rings. The Morgan fingerprint density at radius 2 is 1.81 bits per heavy atom. The molecule has 0 saturated carbocycles. The number of benzene rings is 2. The first kappa shape index (κ1) is 20.3. The normalized spacial score (nSPS) is 15.2. The first-order valence-electron chi connectivity index (χ1n) is 9.47. The Labute approximate surface area is 184 Å². The molecule has 2 heterocycles. The standard InChI is InChI=1S/C24H17N3O3S/c1-14-4-3-5-20(15(14)2)27-23(29)19(22(28)26-24(27)31)12-18-10-11-21(30-18)17-8-6-16(13-25)7-9-17/h3-12H,1-2H3,(H,26,28,31)/b19-12-. The van der Waals surface area contributed by atoms with Gasteiger partial charge >= 0.3 is 0 Å². The number of anilines is 1. The molecular weight excluding hydrogens is 410 g/mol. The number of aryl methyl sites for hydroxylation is 1. The molecule has 1 aliphatic heterocycles. The summed E-state index contributed by atoms with van der Waals surface area (Å²) < 4.78 is 5.81. The highest BCUT2D eigenvalue weighted by molar-refractivity contribution is 7.80. The zero-order valence-corrected chi connectivity index (χ0v) is 17.6. The fraction of sp³-hybridized carbons (Fsp3) is 0.0833. The minimum atomic E-state index is -0.576. The van der Waals surface area contributed by atoms with Gasteiger partial charge in [0.05, 0.1) is 17.3 Å². The van der Waals surface area contributed by atoms with Crippen molar-refractivity contribution in [1.29, 1.82) is 5.26 Å². The van der Waals surface area contributed by atoms with Crippen molar-refractivity contribution in [3.05, 3.63) is 82.6 Å². The summed E-state index contributed by atoms with van der Waals surface area (Å²) in [6.45, 7) is 3.84. The van der Waals surface area contributed by atoms with Crippen molar-refractivity contribution in [1.82, 2.24) is 5.32 Å². The second kappa shape index (κ2) is 8.01. The van der Waals surface area contributed by atoms with Crippen LogP contribution in [0.4, 0.5) is 5.69 Å². The lowest BCUT2D eigenvalue weighted by Gasteiger charge is -2.30. The molecule has 6 nitrogen and oxygen atoms in total. The summed E-state index contributed by atoms with van der Waals surface area (Å²) in [6.07, 6.45) is 1.41. The molecule has 1 saturated heterocycles. The second-order valence-electron chi connectivity index (χ2n) is 7.07. The first-order valence-corrected chi connectivity index (χ1v) is 9.88. The van der Waals surface area contributed by atoms with Gasteiger partial charge in [-0.25, -0.2) is 0 Å². The number of amides is 2. The van der Waals surface area contributed by atoms with Gasteiger partial charge in [-0.2, -0.15) is 5.26 Å². The molecule has 2 aromatic carbocycles. The van der Waals surface area contributed by atoms with Crippen LogP contribution >= 0.6 is 12.2 Å². The maximum Gasteiger partial charge on any atom is 0.270 e. The maximum atomic E-state index is 13.2. The minimum Gasteiger partial charge on any atom is -0.457 e. The van der Waals surface area contributed by atoms with Gasteiger partial charge in [0.15, 0.2) is 5.11 Å². The van der Waals surface area contributed by atoms with Crippen LogP contribution in [0, 0.1) is 25.2 Å². The number of nitrogens with one attached hydrogen (secondary N) is 1. The molecule has 0 atom stereocenters. The predicted molar refractivity (Wildman–Crippen MR) is 121 cm³/mol. The van der Waals surface area contributed by atoms with Crippen molar-refractivity contribution in [2.45, 2.75) is 13.8 Å². The monoisotopic (exact) mass is 427 g/mol. The van der Waals surface area contributed by atoms with E-state index in [-0.39, 0.29) is 10.7 Å². The predicted octanol–water partition coefficient (Wildman–Crippen LogP) is 4.27. The summed E-state index contributed by atoms with van der Waals surface area (Å²) in [6, 6.07) is 18.0. The fourth-order valence-corrected chi connectivity index (χ4v) is 3.56. The van der Waals surface area contributed by atoms with E-state index in [1.807, 2.05) is 26.0 Å². The number of thiocarbonyl (C=S) groups is 1. The Bertz CT molecular complexity index is 1300. The number of rotatable bonds is 3. The molecule has 4 rings (SSSR count). The molecule has 0 spiro atoms. The summed E-state index contributed by atoms with van der Waals surface area (Å²) >= 11 is 5.27. The molecule has 3 aromatic rings. The lowest BCUT2D eigenvalue weighted by molar-refractivity contribution is -0.122. The third-order valence-electron chi connectivity index (χ3n) is 5.13. The largest absolute Gasteiger partial charge is 0.457 e. The average Bonchev–Trinajstić information content (AvgIpc) is 3.23. The number of hydrogen-bond acceptors (Lipinski definition) is 5. The Balaban J connectivity index is 1.68. The Morgan fingerprint density at radius 3 is 2.52 bits per heavy atom. The third kappa shape index (κ3) is 3.77. The van der Waals surface area contributed by atoms with E-state index in [2.05, 4.69) is 11.4 Å². The number of nitrogens with zero attached hydrogens (tertiary/aromatic N) is 2. The van der Waals surface area contributed by atoms with Crippen LogP contribution in [-0.2, 0) is 9.59 Å². The molecule has 31 heavy (non-hydrogen) atoms. The summed E-state index contributed by atoms with van der Waals surface area (Å²) in [5.41, 5.74) is 3.78. The lowest BCUT2D eigenvalue weighted by Crippen LogP contribution is -2.54. The van der Waals surface area contributed by atoms with Gasteiger partial charge in [-0.15, -0.1) is 0 Å². The van der Waals surface area contributed by atoms with E-state index in [4.69, 9.17) is 21.9 Å². The van der Waals surface area contributed by atoms with Crippen molar-refractivity contribution >= 4 is 40.9 Å². The molecule has 1 N–H and O–H groups in total. The molecule has 2 amide bonds. The quantitative estimate of drug-likeness (QED) is 0.383.